The average Bonchev–Trinajstić information content (AvgIpc) is 3.21. The molecule has 2 amide bonds. The zero-order valence-corrected chi connectivity index (χ0v) is 13.6. The highest BCUT2D eigenvalue weighted by Crippen LogP contribution is 2.42. The van der Waals surface area contributed by atoms with Crippen molar-refractivity contribution >= 4 is 23.2 Å². The SMILES string of the molecule is NC(=O)c1ccc(NC(=O)C2CC3(CNc4ccccc43)CN2)cn1. The van der Waals surface area contributed by atoms with Gasteiger partial charge in [0.2, 0.25) is 5.91 Å². The Kier molecular flexibility index (Phi) is 3.65. The van der Waals surface area contributed by atoms with Crippen molar-refractivity contribution in [2.75, 3.05) is 23.7 Å². The Balaban J connectivity index is 1.45. The van der Waals surface area contributed by atoms with Crippen molar-refractivity contribution in [1.82, 2.24) is 10.3 Å². The van der Waals surface area contributed by atoms with Gasteiger partial charge >= 0.3 is 0 Å². The van der Waals surface area contributed by atoms with E-state index in [0.717, 1.165) is 25.2 Å². The summed E-state index contributed by atoms with van der Waals surface area (Å²) in [5, 5.41) is 9.61. The van der Waals surface area contributed by atoms with Crippen LogP contribution in [0.1, 0.15) is 22.5 Å². The van der Waals surface area contributed by atoms with Crippen molar-refractivity contribution in [2.45, 2.75) is 17.9 Å². The number of primary amides is 1. The summed E-state index contributed by atoms with van der Waals surface area (Å²) in [5.74, 6) is -0.695. The lowest BCUT2D eigenvalue weighted by atomic mass is 9.80. The maximum atomic E-state index is 12.6. The van der Waals surface area contributed by atoms with Crippen molar-refractivity contribution in [3.63, 3.8) is 0 Å². The van der Waals surface area contributed by atoms with Gasteiger partial charge in [-0.1, -0.05) is 18.2 Å². The molecule has 2 aromatic rings. The van der Waals surface area contributed by atoms with Crippen molar-refractivity contribution < 1.29 is 9.59 Å². The fourth-order valence-electron chi connectivity index (χ4n) is 3.68. The number of para-hydroxylation sites is 1. The van der Waals surface area contributed by atoms with E-state index in [1.807, 2.05) is 12.1 Å². The van der Waals surface area contributed by atoms with E-state index >= 15 is 0 Å². The minimum Gasteiger partial charge on any atom is -0.384 e. The topological polar surface area (TPSA) is 109 Å². The molecule has 5 N–H and O–H groups in total. The molecule has 0 radical (unpaired) electrons. The predicted molar refractivity (Wildman–Crippen MR) is 94.4 cm³/mol. The fraction of sp³-hybridized carbons (Fsp3) is 0.278. The van der Waals surface area contributed by atoms with Crippen LogP contribution in [-0.4, -0.2) is 35.9 Å². The molecule has 3 heterocycles. The van der Waals surface area contributed by atoms with Gasteiger partial charge in [-0.25, -0.2) is 4.98 Å². The summed E-state index contributed by atoms with van der Waals surface area (Å²) < 4.78 is 0. The minimum absolute atomic E-state index is 0.0489. The highest BCUT2D eigenvalue weighted by atomic mass is 16.2. The first-order valence-electron chi connectivity index (χ1n) is 8.21. The van der Waals surface area contributed by atoms with Crippen LogP contribution in [0.5, 0.6) is 0 Å². The van der Waals surface area contributed by atoms with Gasteiger partial charge in [0.05, 0.1) is 17.9 Å². The molecule has 0 saturated carbocycles. The summed E-state index contributed by atoms with van der Waals surface area (Å²) in [4.78, 5) is 27.6. The number of carbonyl (C=O) groups excluding carboxylic acids is 2. The van der Waals surface area contributed by atoms with Crippen LogP contribution in [0.3, 0.4) is 0 Å². The van der Waals surface area contributed by atoms with Crippen LogP contribution in [0.15, 0.2) is 42.6 Å². The standard InChI is InChI=1S/C18H19N5O2/c19-16(24)14-6-5-11(8-20-14)23-17(25)15-7-18(10-22-15)9-21-13-4-2-1-3-12(13)18/h1-6,8,15,21-22H,7,9-10H2,(H2,19,24)(H,23,25). The number of benzene rings is 1. The molecule has 7 heteroatoms. The van der Waals surface area contributed by atoms with E-state index in [1.165, 1.54) is 17.8 Å². The quantitative estimate of drug-likeness (QED) is 0.664. The zero-order valence-electron chi connectivity index (χ0n) is 13.6. The highest BCUT2D eigenvalue weighted by molar-refractivity contribution is 5.96. The number of pyridine rings is 1. The smallest absolute Gasteiger partial charge is 0.267 e. The Bertz CT molecular complexity index is 836. The molecule has 2 unspecified atom stereocenters. The third-order valence-corrected chi connectivity index (χ3v) is 5.00. The third-order valence-electron chi connectivity index (χ3n) is 5.00. The number of carbonyl (C=O) groups is 2. The molecule has 25 heavy (non-hydrogen) atoms. The van der Waals surface area contributed by atoms with Crippen LogP contribution in [0.4, 0.5) is 11.4 Å². The van der Waals surface area contributed by atoms with Crippen LogP contribution in [-0.2, 0) is 10.2 Å². The number of rotatable bonds is 3. The Morgan fingerprint density at radius 1 is 1.20 bits per heavy atom. The van der Waals surface area contributed by atoms with Gasteiger partial charge in [0.15, 0.2) is 0 Å². The number of aromatic nitrogens is 1. The third kappa shape index (κ3) is 2.72. The lowest BCUT2D eigenvalue weighted by molar-refractivity contribution is -0.117. The number of nitrogens with one attached hydrogen (secondary N) is 3. The van der Waals surface area contributed by atoms with Crippen molar-refractivity contribution in [1.29, 1.82) is 0 Å². The van der Waals surface area contributed by atoms with Gasteiger partial charge in [0, 0.05) is 24.2 Å². The molecule has 2 atom stereocenters. The maximum absolute atomic E-state index is 12.6. The fourth-order valence-corrected chi connectivity index (χ4v) is 3.68. The second-order valence-electron chi connectivity index (χ2n) is 6.60. The minimum atomic E-state index is -0.593. The van der Waals surface area contributed by atoms with E-state index in [0.29, 0.717) is 5.69 Å². The van der Waals surface area contributed by atoms with Crippen LogP contribution in [0.25, 0.3) is 0 Å². The predicted octanol–water partition coefficient (Wildman–Crippen LogP) is 0.844. The molecule has 0 aliphatic carbocycles. The van der Waals surface area contributed by atoms with Crippen LogP contribution >= 0.6 is 0 Å². The van der Waals surface area contributed by atoms with E-state index in [1.54, 1.807) is 6.07 Å². The van der Waals surface area contributed by atoms with Gasteiger partial charge in [-0.3, -0.25) is 9.59 Å². The summed E-state index contributed by atoms with van der Waals surface area (Å²) in [7, 11) is 0. The second-order valence-corrected chi connectivity index (χ2v) is 6.60. The number of hydrogen-bond acceptors (Lipinski definition) is 5. The van der Waals surface area contributed by atoms with E-state index in [4.69, 9.17) is 5.73 Å². The van der Waals surface area contributed by atoms with Gasteiger partial charge in [0.1, 0.15) is 5.69 Å². The number of amides is 2. The van der Waals surface area contributed by atoms with E-state index in [-0.39, 0.29) is 23.1 Å². The van der Waals surface area contributed by atoms with Gasteiger partial charge in [0.25, 0.3) is 5.91 Å². The monoisotopic (exact) mass is 337 g/mol. The average molecular weight is 337 g/mol. The van der Waals surface area contributed by atoms with Crippen molar-refractivity contribution in [3.8, 4) is 0 Å². The van der Waals surface area contributed by atoms with Gasteiger partial charge in [-0.2, -0.15) is 0 Å². The largest absolute Gasteiger partial charge is 0.384 e. The summed E-state index contributed by atoms with van der Waals surface area (Å²) in [6, 6.07) is 11.1. The van der Waals surface area contributed by atoms with E-state index in [9.17, 15) is 9.59 Å². The summed E-state index contributed by atoms with van der Waals surface area (Å²) >= 11 is 0. The van der Waals surface area contributed by atoms with Crippen molar-refractivity contribution in [2.24, 2.45) is 5.73 Å². The first-order chi connectivity index (χ1) is 12.1. The Morgan fingerprint density at radius 3 is 2.80 bits per heavy atom. The molecule has 1 aromatic carbocycles. The first kappa shape index (κ1) is 15.6. The molecule has 1 fully saturated rings. The van der Waals surface area contributed by atoms with Crippen molar-refractivity contribution in [3.05, 3.63) is 53.9 Å². The molecule has 2 aliphatic heterocycles. The number of hydrogen-bond donors (Lipinski definition) is 4. The van der Waals surface area contributed by atoms with Crippen LogP contribution < -0.4 is 21.7 Å². The maximum Gasteiger partial charge on any atom is 0.267 e. The number of nitrogens with two attached hydrogens (primary N) is 1. The molecule has 4 rings (SSSR count). The molecule has 128 valence electrons. The normalized spacial score (nSPS) is 23.9. The Hall–Kier alpha value is -2.93. The summed E-state index contributed by atoms with van der Waals surface area (Å²) in [6.07, 6.45) is 2.17. The molecule has 0 bridgehead atoms. The molecular weight excluding hydrogens is 318 g/mol. The molecule has 1 saturated heterocycles. The summed E-state index contributed by atoms with van der Waals surface area (Å²) in [6.45, 7) is 1.59. The molecule has 1 spiro atoms. The lowest BCUT2D eigenvalue weighted by Crippen LogP contribution is -2.35. The summed E-state index contributed by atoms with van der Waals surface area (Å²) in [5.41, 5.74) is 8.25. The Morgan fingerprint density at radius 2 is 2.04 bits per heavy atom. The molecular formula is C18H19N5O2. The molecule has 7 nitrogen and oxygen atoms in total. The Labute approximate surface area is 145 Å². The molecule has 1 aromatic heterocycles. The van der Waals surface area contributed by atoms with Gasteiger partial charge in [-0.05, 0) is 30.2 Å². The highest BCUT2D eigenvalue weighted by Gasteiger charge is 2.46. The van der Waals surface area contributed by atoms with Gasteiger partial charge < -0.3 is 21.7 Å². The molecule has 2 aliphatic rings. The van der Waals surface area contributed by atoms with E-state index in [2.05, 4.69) is 33.1 Å². The van der Waals surface area contributed by atoms with Gasteiger partial charge in [-0.15, -0.1) is 0 Å². The number of nitrogens with zero attached hydrogens (tertiary/aromatic N) is 1. The zero-order chi connectivity index (χ0) is 17.4. The number of fused-ring (bicyclic) bond motifs is 2. The van der Waals surface area contributed by atoms with Crippen LogP contribution in [0.2, 0.25) is 0 Å². The van der Waals surface area contributed by atoms with Crippen LogP contribution in [0, 0.1) is 0 Å². The first-order valence-corrected chi connectivity index (χ1v) is 8.21. The number of anilines is 2. The van der Waals surface area contributed by atoms with E-state index < -0.39 is 5.91 Å². The second kappa shape index (κ2) is 5.86. The lowest BCUT2D eigenvalue weighted by Gasteiger charge is -2.22.